The van der Waals surface area contributed by atoms with Gasteiger partial charge in [0.1, 0.15) is 10.1 Å². The molecule has 24 heavy (non-hydrogen) atoms. The molecular formula is C17H12ClFN2OS2. The van der Waals surface area contributed by atoms with Gasteiger partial charge in [0.25, 0.3) is 5.91 Å². The second-order valence-corrected chi connectivity index (χ2v) is 7.06. The second kappa shape index (κ2) is 7.34. The number of hydrogen-bond donors (Lipinski definition) is 1. The number of anilines is 1. The van der Waals surface area contributed by atoms with Gasteiger partial charge in [-0.3, -0.25) is 9.69 Å². The molecule has 0 aliphatic carbocycles. The van der Waals surface area contributed by atoms with Crippen LogP contribution in [-0.4, -0.2) is 21.8 Å². The summed E-state index contributed by atoms with van der Waals surface area (Å²) in [5.41, 5.74) is 1.34. The van der Waals surface area contributed by atoms with Crippen LogP contribution in [0.15, 0.2) is 53.4 Å². The van der Waals surface area contributed by atoms with Crippen molar-refractivity contribution in [2.24, 2.45) is 0 Å². The molecule has 3 rings (SSSR count). The highest BCUT2D eigenvalue weighted by atomic mass is 35.5. The Morgan fingerprint density at radius 2 is 2.04 bits per heavy atom. The first-order valence-electron chi connectivity index (χ1n) is 7.04. The van der Waals surface area contributed by atoms with Crippen LogP contribution in [0.3, 0.4) is 0 Å². The van der Waals surface area contributed by atoms with Crippen LogP contribution in [0.25, 0.3) is 6.08 Å². The zero-order chi connectivity index (χ0) is 17.1. The van der Waals surface area contributed by atoms with Crippen molar-refractivity contribution in [3.63, 3.8) is 0 Å². The number of benzene rings is 2. The first-order valence-corrected chi connectivity index (χ1v) is 8.64. The number of carbonyl (C=O) groups is 1. The Balaban J connectivity index is 1.73. The number of para-hydroxylation sites is 1. The lowest BCUT2D eigenvalue weighted by molar-refractivity contribution is -0.121. The maximum atomic E-state index is 13.3. The fourth-order valence-electron chi connectivity index (χ4n) is 2.15. The first kappa shape index (κ1) is 17.0. The third-order valence-corrected chi connectivity index (χ3v) is 5.03. The summed E-state index contributed by atoms with van der Waals surface area (Å²) in [5.74, 6) is -0.562. The summed E-state index contributed by atoms with van der Waals surface area (Å²) in [6.45, 7) is 0.217. The van der Waals surface area contributed by atoms with Crippen LogP contribution in [0.1, 0.15) is 5.56 Å². The molecule has 2 aromatic rings. The van der Waals surface area contributed by atoms with Gasteiger partial charge >= 0.3 is 0 Å². The highest BCUT2D eigenvalue weighted by Gasteiger charge is 2.31. The summed E-state index contributed by atoms with van der Waals surface area (Å²) < 4.78 is 13.7. The molecule has 1 aliphatic heterocycles. The molecular weight excluding hydrogens is 367 g/mol. The third kappa shape index (κ3) is 3.77. The molecule has 0 bridgehead atoms. The van der Waals surface area contributed by atoms with Crippen LogP contribution in [0.4, 0.5) is 10.1 Å². The minimum Gasteiger partial charge on any atom is -0.366 e. The largest absolute Gasteiger partial charge is 0.366 e. The molecule has 7 heteroatoms. The highest BCUT2D eigenvalue weighted by Crippen LogP contribution is 2.32. The van der Waals surface area contributed by atoms with E-state index in [1.807, 2.05) is 18.2 Å². The van der Waals surface area contributed by atoms with Crippen molar-refractivity contribution < 1.29 is 9.18 Å². The van der Waals surface area contributed by atoms with Gasteiger partial charge in [-0.25, -0.2) is 4.39 Å². The number of nitrogens with one attached hydrogen (secondary N) is 1. The van der Waals surface area contributed by atoms with E-state index in [4.69, 9.17) is 23.8 Å². The Bertz CT molecular complexity index is 841. The molecule has 1 fully saturated rings. The summed E-state index contributed by atoms with van der Waals surface area (Å²) >= 11 is 12.5. The van der Waals surface area contributed by atoms with Gasteiger partial charge < -0.3 is 5.32 Å². The molecule has 0 unspecified atom stereocenters. The molecule has 0 saturated carbocycles. The fraction of sp³-hybridized carbons (Fsp3) is 0.0588. The standard InChI is InChI=1S/C17H12ClFN2OS2/c18-13-6-1-2-7-14(13)20-10-21-16(22)15(24-17(21)23)9-11-4-3-5-12(19)8-11/h1-9,20H,10H2/b15-9-. The molecule has 0 atom stereocenters. The van der Waals surface area contributed by atoms with Gasteiger partial charge in [0.15, 0.2) is 0 Å². The van der Waals surface area contributed by atoms with E-state index in [-0.39, 0.29) is 18.4 Å². The zero-order valence-electron chi connectivity index (χ0n) is 12.3. The zero-order valence-corrected chi connectivity index (χ0v) is 14.7. The van der Waals surface area contributed by atoms with E-state index < -0.39 is 0 Å². The molecule has 1 aliphatic rings. The summed E-state index contributed by atoms with van der Waals surface area (Å²) in [7, 11) is 0. The number of amides is 1. The van der Waals surface area contributed by atoms with Gasteiger partial charge in [0.05, 0.1) is 22.3 Å². The summed E-state index contributed by atoms with van der Waals surface area (Å²) in [6.07, 6.45) is 1.64. The van der Waals surface area contributed by atoms with E-state index in [1.165, 1.54) is 28.8 Å². The average Bonchev–Trinajstić information content (AvgIpc) is 2.81. The first-order chi connectivity index (χ1) is 11.5. The fourth-order valence-corrected chi connectivity index (χ4v) is 3.61. The van der Waals surface area contributed by atoms with Crippen molar-refractivity contribution in [3.8, 4) is 0 Å². The molecule has 122 valence electrons. The molecule has 1 saturated heterocycles. The predicted molar refractivity (Wildman–Crippen MR) is 101 cm³/mol. The Morgan fingerprint density at radius 3 is 2.79 bits per heavy atom. The quantitative estimate of drug-likeness (QED) is 0.614. The second-order valence-electron chi connectivity index (χ2n) is 4.98. The van der Waals surface area contributed by atoms with Gasteiger partial charge in [-0.05, 0) is 35.9 Å². The number of thioether (sulfide) groups is 1. The number of halogens is 2. The summed E-state index contributed by atoms with van der Waals surface area (Å²) in [5, 5.41) is 3.66. The number of nitrogens with zero attached hydrogens (tertiary/aromatic N) is 1. The Labute approximate surface area is 153 Å². The molecule has 3 nitrogen and oxygen atoms in total. The van der Waals surface area contributed by atoms with E-state index in [9.17, 15) is 9.18 Å². The average molecular weight is 379 g/mol. The summed E-state index contributed by atoms with van der Waals surface area (Å²) in [4.78, 5) is 14.4. The molecule has 1 amide bonds. The van der Waals surface area contributed by atoms with Gasteiger partial charge in [-0.15, -0.1) is 0 Å². The molecule has 0 aromatic heterocycles. The number of thiocarbonyl (C=S) groups is 1. The SMILES string of the molecule is O=C1/C(=C/c2cccc(F)c2)SC(=S)N1CNc1ccccc1Cl. The lowest BCUT2D eigenvalue weighted by atomic mass is 10.2. The van der Waals surface area contributed by atoms with Crippen molar-refractivity contribution in [1.29, 1.82) is 0 Å². The van der Waals surface area contributed by atoms with Gasteiger partial charge in [-0.2, -0.15) is 0 Å². The third-order valence-electron chi connectivity index (χ3n) is 3.32. The lowest BCUT2D eigenvalue weighted by Gasteiger charge is -2.16. The minimum atomic E-state index is -0.348. The normalized spacial score (nSPS) is 16.1. The van der Waals surface area contributed by atoms with Gasteiger partial charge in [-0.1, -0.05) is 59.8 Å². The Kier molecular flexibility index (Phi) is 5.18. The van der Waals surface area contributed by atoms with Crippen LogP contribution in [-0.2, 0) is 4.79 Å². The lowest BCUT2D eigenvalue weighted by Crippen LogP contribution is -2.33. The molecule has 1 heterocycles. The van der Waals surface area contributed by atoms with E-state index in [0.717, 1.165) is 5.69 Å². The van der Waals surface area contributed by atoms with Crippen LogP contribution in [0.2, 0.25) is 5.02 Å². The number of hydrogen-bond acceptors (Lipinski definition) is 4. The van der Waals surface area contributed by atoms with Crippen LogP contribution >= 0.6 is 35.6 Å². The molecule has 1 N–H and O–H groups in total. The van der Waals surface area contributed by atoms with Crippen molar-refractivity contribution in [2.75, 3.05) is 12.0 Å². The van der Waals surface area contributed by atoms with Crippen molar-refractivity contribution in [3.05, 3.63) is 69.8 Å². The number of rotatable bonds is 4. The van der Waals surface area contributed by atoms with Crippen molar-refractivity contribution >= 4 is 57.6 Å². The van der Waals surface area contributed by atoms with E-state index in [2.05, 4.69) is 5.32 Å². The monoisotopic (exact) mass is 378 g/mol. The number of carbonyl (C=O) groups excluding carboxylic acids is 1. The van der Waals surface area contributed by atoms with E-state index in [0.29, 0.717) is 19.8 Å². The van der Waals surface area contributed by atoms with E-state index in [1.54, 1.807) is 24.3 Å². The Hall–Kier alpha value is -1.89. The van der Waals surface area contributed by atoms with E-state index >= 15 is 0 Å². The maximum absolute atomic E-state index is 13.3. The minimum absolute atomic E-state index is 0.214. The van der Waals surface area contributed by atoms with Gasteiger partial charge in [0, 0.05) is 0 Å². The predicted octanol–water partition coefficient (Wildman–Crippen LogP) is 4.75. The molecule has 0 spiro atoms. The van der Waals surface area contributed by atoms with Crippen LogP contribution in [0, 0.1) is 5.82 Å². The highest BCUT2D eigenvalue weighted by molar-refractivity contribution is 8.26. The summed E-state index contributed by atoms with van der Waals surface area (Å²) in [6, 6.07) is 13.3. The Morgan fingerprint density at radius 1 is 1.25 bits per heavy atom. The van der Waals surface area contributed by atoms with Crippen LogP contribution < -0.4 is 5.32 Å². The smallest absolute Gasteiger partial charge is 0.267 e. The maximum Gasteiger partial charge on any atom is 0.267 e. The molecule has 0 radical (unpaired) electrons. The molecule has 2 aromatic carbocycles. The van der Waals surface area contributed by atoms with Crippen LogP contribution in [0.5, 0.6) is 0 Å². The van der Waals surface area contributed by atoms with Crippen molar-refractivity contribution in [1.82, 2.24) is 4.90 Å². The van der Waals surface area contributed by atoms with Gasteiger partial charge in [0.2, 0.25) is 0 Å². The topological polar surface area (TPSA) is 32.3 Å². The van der Waals surface area contributed by atoms with Crippen molar-refractivity contribution in [2.45, 2.75) is 0 Å².